The van der Waals surface area contributed by atoms with Gasteiger partial charge in [-0.15, -0.1) is 0 Å². The van der Waals surface area contributed by atoms with Crippen molar-refractivity contribution in [3.05, 3.63) is 71.3 Å². The van der Waals surface area contributed by atoms with E-state index in [0.717, 1.165) is 11.1 Å². The van der Waals surface area contributed by atoms with E-state index in [2.05, 4.69) is 0 Å². The van der Waals surface area contributed by atoms with Gasteiger partial charge in [-0.25, -0.2) is 4.79 Å². The Kier molecular flexibility index (Phi) is 3.92. The molecule has 112 valence electrons. The van der Waals surface area contributed by atoms with Gasteiger partial charge in [-0.1, -0.05) is 48.5 Å². The molecule has 1 atom stereocenters. The van der Waals surface area contributed by atoms with Crippen LogP contribution in [0.25, 0.3) is 0 Å². The highest BCUT2D eigenvalue weighted by atomic mass is 16.4. The number of rotatable bonds is 4. The molecule has 2 aromatic carbocycles. The molecule has 1 N–H and O–H groups in total. The number of carboxylic acid groups (broad SMARTS) is 1. The van der Waals surface area contributed by atoms with Crippen LogP contribution in [-0.4, -0.2) is 34.5 Å². The van der Waals surface area contributed by atoms with Crippen molar-refractivity contribution in [3.63, 3.8) is 0 Å². The zero-order valence-corrected chi connectivity index (χ0v) is 12.1. The first-order valence-electron chi connectivity index (χ1n) is 7.32. The lowest BCUT2D eigenvalue weighted by molar-refractivity contribution is -0.142. The van der Waals surface area contributed by atoms with E-state index in [1.807, 2.05) is 48.5 Å². The molecule has 0 spiro atoms. The molecule has 0 bridgehead atoms. The molecule has 0 unspecified atom stereocenters. The molecular weight excluding hydrogens is 278 g/mol. The SMILES string of the molecule is O=C(O)[C@@H]1Cc2ccccc2C(=O)N1CCc1ccccc1. The molecule has 3 rings (SSSR count). The van der Waals surface area contributed by atoms with E-state index < -0.39 is 12.0 Å². The molecule has 0 saturated heterocycles. The molecule has 0 aromatic heterocycles. The molecule has 1 aliphatic heterocycles. The highest BCUT2D eigenvalue weighted by Crippen LogP contribution is 2.23. The van der Waals surface area contributed by atoms with Crippen molar-refractivity contribution in [1.82, 2.24) is 4.90 Å². The van der Waals surface area contributed by atoms with Crippen LogP contribution in [0.3, 0.4) is 0 Å². The van der Waals surface area contributed by atoms with Gasteiger partial charge in [0.25, 0.3) is 5.91 Å². The maximum absolute atomic E-state index is 12.6. The fourth-order valence-corrected chi connectivity index (χ4v) is 2.89. The molecule has 2 aromatic rings. The monoisotopic (exact) mass is 295 g/mol. The topological polar surface area (TPSA) is 57.6 Å². The summed E-state index contributed by atoms with van der Waals surface area (Å²) >= 11 is 0. The number of hydrogen-bond donors (Lipinski definition) is 1. The van der Waals surface area contributed by atoms with Crippen molar-refractivity contribution < 1.29 is 14.7 Å². The number of aliphatic carboxylic acids is 1. The molecule has 0 fully saturated rings. The second-order valence-electron chi connectivity index (χ2n) is 5.45. The normalized spacial score (nSPS) is 17.2. The highest BCUT2D eigenvalue weighted by molar-refractivity contribution is 5.99. The number of carbonyl (C=O) groups excluding carboxylic acids is 1. The van der Waals surface area contributed by atoms with Gasteiger partial charge in [-0.2, -0.15) is 0 Å². The Balaban J connectivity index is 1.84. The third kappa shape index (κ3) is 2.72. The first kappa shape index (κ1) is 14.3. The van der Waals surface area contributed by atoms with Gasteiger partial charge in [0.05, 0.1) is 0 Å². The molecule has 4 nitrogen and oxygen atoms in total. The van der Waals surface area contributed by atoms with Crippen LogP contribution in [0.2, 0.25) is 0 Å². The molecule has 22 heavy (non-hydrogen) atoms. The van der Waals surface area contributed by atoms with Crippen molar-refractivity contribution in [1.29, 1.82) is 0 Å². The average Bonchev–Trinajstić information content (AvgIpc) is 2.54. The fourth-order valence-electron chi connectivity index (χ4n) is 2.89. The van der Waals surface area contributed by atoms with Gasteiger partial charge in [0, 0.05) is 18.5 Å². The summed E-state index contributed by atoms with van der Waals surface area (Å²) in [7, 11) is 0. The largest absolute Gasteiger partial charge is 0.480 e. The van der Waals surface area contributed by atoms with Crippen molar-refractivity contribution in [2.75, 3.05) is 6.54 Å². The van der Waals surface area contributed by atoms with Crippen LogP contribution in [0.5, 0.6) is 0 Å². The van der Waals surface area contributed by atoms with Crippen molar-refractivity contribution in [3.8, 4) is 0 Å². The lowest BCUT2D eigenvalue weighted by Gasteiger charge is -2.34. The number of carbonyl (C=O) groups is 2. The van der Waals surface area contributed by atoms with Gasteiger partial charge >= 0.3 is 5.97 Å². The lowest BCUT2D eigenvalue weighted by Crippen LogP contribution is -2.50. The summed E-state index contributed by atoms with van der Waals surface area (Å²) in [6, 6.07) is 16.3. The molecular formula is C18H17NO3. The van der Waals surface area contributed by atoms with E-state index in [1.54, 1.807) is 6.07 Å². The Bertz CT molecular complexity index is 696. The zero-order chi connectivity index (χ0) is 15.5. The van der Waals surface area contributed by atoms with Crippen molar-refractivity contribution in [2.24, 2.45) is 0 Å². The van der Waals surface area contributed by atoms with Crippen LogP contribution in [0.15, 0.2) is 54.6 Å². The predicted molar refractivity (Wildman–Crippen MR) is 82.8 cm³/mol. The van der Waals surface area contributed by atoms with Crippen LogP contribution in [0.4, 0.5) is 0 Å². The molecule has 1 aliphatic rings. The first-order chi connectivity index (χ1) is 10.7. The van der Waals surface area contributed by atoms with Crippen molar-refractivity contribution in [2.45, 2.75) is 18.9 Å². The Labute approximate surface area is 129 Å². The van der Waals surface area contributed by atoms with Gasteiger partial charge in [0.15, 0.2) is 0 Å². The van der Waals surface area contributed by atoms with E-state index in [0.29, 0.717) is 24.9 Å². The van der Waals surface area contributed by atoms with Crippen LogP contribution in [-0.2, 0) is 17.6 Å². The molecule has 0 aliphatic carbocycles. The summed E-state index contributed by atoms with van der Waals surface area (Å²) < 4.78 is 0. The van der Waals surface area contributed by atoms with E-state index in [4.69, 9.17) is 0 Å². The molecule has 0 radical (unpaired) electrons. The maximum Gasteiger partial charge on any atom is 0.326 e. The van der Waals surface area contributed by atoms with Gasteiger partial charge in [0.1, 0.15) is 6.04 Å². The number of fused-ring (bicyclic) bond motifs is 1. The summed E-state index contributed by atoms with van der Waals surface area (Å²) in [6.45, 7) is 0.411. The minimum Gasteiger partial charge on any atom is -0.480 e. The first-order valence-corrected chi connectivity index (χ1v) is 7.32. The van der Waals surface area contributed by atoms with Gasteiger partial charge in [-0.05, 0) is 23.6 Å². The van der Waals surface area contributed by atoms with Crippen LogP contribution < -0.4 is 0 Å². The van der Waals surface area contributed by atoms with Crippen molar-refractivity contribution >= 4 is 11.9 Å². The average molecular weight is 295 g/mol. The molecule has 1 amide bonds. The Morgan fingerprint density at radius 1 is 1.09 bits per heavy atom. The minimum atomic E-state index is -0.948. The summed E-state index contributed by atoms with van der Waals surface area (Å²) in [5.41, 5.74) is 2.53. The van der Waals surface area contributed by atoms with E-state index in [9.17, 15) is 14.7 Å². The van der Waals surface area contributed by atoms with Crippen LogP contribution >= 0.6 is 0 Å². The summed E-state index contributed by atoms with van der Waals surface area (Å²) in [6.07, 6.45) is 1.02. The number of benzene rings is 2. The quantitative estimate of drug-likeness (QED) is 0.942. The van der Waals surface area contributed by atoms with Gasteiger partial charge < -0.3 is 10.0 Å². The highest BCUT2D eigenvalue weighted by Gasteiger charge is 2.35. The molecule has 4 heteroatoms. The van der Waals surface area contributed by atoms with Gasteiger partial charge in [-0.3, -0.25) is 4.79 Å². The Morgan fingerprint density at radius 3 is 2.50 bits per heavy atom. The second-order valence-corrected chi connectivity index (χ2v) is 5.45. The van der Waals surface area contributed by atoms with E-state index in [1.165, 1.54) is 4.90 Å². The summed E-state index contributed by atoms with van der Waals surface area (Å²) in [5.74, 6) is -1.14. The fraction of sp³-hybridized carbons (Fsp3) is 0.222. The van der Waals surface area contributed by atoms with E-state index in [-0.39, 0.29) is 5.91 Å². The third-order valence-corrected chi connectivity index (χ3v) is 4.07. The number of hydrogen-bond acceptors (Lipinski definition) is 2. The van der Waals surface area contributed by atoms with E-state index >= 15 is 0 Å². The summed E-state index contributed by atoms with van der Waals surface area (Å²) in [5, 5.41) is 9.46. The lowest BCUT2D eigenvalue weighted by atomic mass is 9.93. The number of amides is 1. The Hall–Kier alpha value is -2.62. The standard InChI is InChI=1S/C18H17NO3/c20-17-15-9-5-4-8-14(15)12-16(18(21)22)19(17)11-10-13-6-2-1-3-7-13/h1-9,16H,10-12H2,(H,21,22)/t16-/m0/s1. The second kappa shape index (κ2) is 6.02. The molecule has 0 saturated carbocycles. The molecule has 1 heterocycles. The smallest absolute Gasteiger partial charge is 0.326 e. The Morgan fingerprint density at radius 2 is 1.77 bits per heavy atom. The number of nitrogens with zero attached hydrogens (tertiary/aromatic N) is 1. The maximum atomic E-state index is 12.6. The third-order valence-electron chi connectivity index (χ3n) is 4.07. The van der Waals surface area contributed by atoms with Crippen LogP contribution in [0.1, 0.15) is 21.5 Å². The minimum absolute atomic E-state index is 0.190. The zero-order valence-electron chi connectivity index (χ0n) is 12.1. The van der Waals surface area contributed by atoms with Gasteiger partial charge in [0.2, 0.25) is 0 Å². The van der Waals surface area contributed by atoms with Crippen LogP contribution in [0, 0.1) is 0 Å². The summed E-state index contributed by atoms with van der Waals surface area (Å²) in [4.78, 5) is 25.6. The predicted octanol–water partition coefficient (Wildman–Crippen LogP) is 2.38. The number of carboxylic acids is 1.